The van der Waals surface area contributed by atoms with Gasteiger partial charge in [0, 0.05) is 16.7 Å². The third-order valence-corrected chi connectivity index (χ3v) is 5.71. The first-order valence-corrected chi connectivity index (χ1v) is 9.25. The molecule has 1 heterocycles. The Morgan fingerprint density at radius 1 is 0.964 bits per heavy atom. The van der Waals surface area contributed by atoms with Crippen molar-refractivity contribution in [1.29, 1.82) is 0 Å². The van der Waals surface area contributed by atoms with Gasteiger partial charge in [0.05, 0.1) is 16.1 Å². The Labute approximate surface area is 161 Å². The van der Waals surface area contributed by atoms with Crippen molar-refractivity contribution in [1.82, 2.24) is 4.98 Å². The SMILES string of the molecule is O=C(Nc1nc2c(s1)-c1cccc3cccc-2c13)c1cccc(C(F)(F)F)c1. The second kappa shape index (κ2) is 5.90. The van der Waals surface area contributed by atoms with E-state index in [-0.39, 0.29) is 5.56 Å². The lowest BCUT2D eigenvalue weighted by atomic mass is 10.0. The molecule has 0 bridgehead atoms. The van der Waals surface area contributed by atoms with Crippen LogP contribution in [0.3, 0.4) is 0 Å². The molecule has 1 aliphatic carbocycles. The fourth-order valence-corrected chi connectivity index (χ4v) is 4.48. The molecule has 28 heavy (non-hydrogen) atoms. The first-order valence-electron chi connectivity index (χ1n) is 8.44. The van der Waals surface area contributed by atoms with Crippen molar-refractivity contribution in [2.45, 2.75) is 6.18 Å². The minimum atomic E-state index is -4.50. The number of thiazole rings is 1. The van der Waals surface area contributed by atoms with Crippen molar-refractivity contribution in [2.24, 2.45) is 0 Å². The molecule has 138 valence electrons. The quantitative estimate of drug-likeness (QED) is 0.385. The molecule has 0 fully saturated rings. The number of anilines is 1. The van der Waals surface area contributed by atoms with Crippen LogP contribution in [0.5, 0.6) is 0 Å². The zero-order valence-corrected chi connectivity index (χ0v) is 15.0. The number of carbonyl (C=O) groups excluding carboxylic acids is 1. The third kappa shape index (κ3) is 2.58. The highest BCUT2D eigenvalue weighted by molar-refractivity contribution is 7.20. The molecule has 7 heteroatoms. The van der Waals surface area contributed by atoms with E-state index in [0.717, 1.165) is 44.6 Å². The lowest BCUT2D eigenvalue weighted by Crippen LogP contribution is -2.13. The summed E-state index contributed by atoms with van der Waals surface area (Å²) in [6, 6.07) is 16.3. The zero-order chi connectivity index (χ0) is 19.5. The van der Waals surface area contributed by atoms with Gasteiger partial charge in [-0.1, -0.05) is 53.8 Å². The smallest absolute Gasteiger partial charge is 0.298 e. The Balaban J connectivity index is 1.48. The molecule has 5 rings (SSSR count). The summed E-state index contributed by atoms with van der Waals surface area (Å²) in [6.45, 7) is 0. The predicted molar refractivity (Wildman–Crippen MR) is 103 cm³/mol. The number of nitrogens with one attached hydrogen (secondary N) is 1. The monoisotopic (exact) mass is 396 g/mol. The number of carbonyl (C=O) groups is 1. The topological polar surface area (TPSA) is 42.0 Å². The molecule has 0 saturated heterocycles. The number of halogens is 3. The highest BCUT2D eigenvalue weighted by Crippen LogP contribution is 2.50. The summed E-state index contributed by atoms with van der Waals surface area (Å²) in [5, 5.41) is 5.24. The van der Waals surface area contributed by atoms with E-state index in [0.29, 0.717) is 5.13 Å². The summed E-state index contributed by atoms with van der Waals surface area (Å²) in [7, 11) is 0. The Morgan fingerprint density at radius 2 is 1.68 bits per heavy atom. The van der Waals surface area contributed by atoms with Crippen molar-refractivity contribution in [3.8, 4) is 21.7 Å². The van der Waals surface area contributed by atoms with Crippen LogP contribution < -0.4 is 5.32 Å². The largest absolute Gasteiger partial charge is 0.416 e. The average Bonchev–Trinajstić information content (AvgIpc) is 3.21. The van der Waals surface area contributed by atoms with Gasteiger partial charge in [0.2, 0.25) is 0 Å². The van der Waals surface area contributed by atoms with Crippen molar-refractivity contribution in [2.75, 3.05) is 5.32 Å². The van der Waals surface area contributed by atoms with E-state index in [2.05, 4.69) is 10.3 Å². The van der Waals surface area contributed by atoms with Gasteiger partial charge in [0.1, 0.15) is 0 Å². The fourth-order valence-electron chi connectivity index (χ4n) is 3.47. The molecule has 1 aliphatic rings. The van der Waals surface area contributed by atoms with Crippen molar-refractivity contribution in [3.05, 3.63) is 71.8 Å². The number of nitrogens with zero attached hydrogens (tertiary/aromatic N) is 1. The molecule has 1 amide bonds. The van der Waals surface area contributed by atoms with Gasteiger partial charge in [0.15, 0.2) is 5.13 Å². The molecule has 1 aromatic heterocycles. The first-order chi connectivity index (χ1) is 13.4. The zero-order valence-electron chi connectivity index (χ0n) is 14.2. The molecule has 0 aliphatic heterocycles. The fraction of sp³-hybridized carbons (Fsp3) is 0.0476. The van der Waals surface area contributed by atoms with Gasteiger partial charge in [0.25, 0.3) is 5.91 Å². The van der Waals surface area contributed by atoms with Crippen LogP contribution in [0.25, 0.3) is 32.5 Å². The van der Waals surface area contributed by atoms with E-state index < -0.39 is 17.6 Å². The normalized spacial score (nSPS) is 12.2. The van der Waals surface area contributed by atoms with Gasteiger partial charge in [-0.05, 0) is 29.0 Å². The van der Waals surface area contributed by atoms with E-state index >= 15 is 0 Å². The summed E-state index contributed by atoms with van der Waals surface area (Å²) in [5.74, 6) is -0.620. The van der Waals surface area contributed by atoms with Crippen molar-refractivity contribution >= 4 is 33.1 Å². The second-order valence-electron chi connectivity index (χ2n) is 6.44. The van der Waals surface area contributed by atoms with Crippen LogP contribution in [-0.4, -0.2) is 10.9 Å². The molecular weight excluding hydrogens is 385 g/mol. The van der Waals surface area contributed by atoms with E-state index in [9.17, 15) is 18.0 Å². The molecule has 4 aromatic rings. The minimum Gasteiger partial charge on any atom is -0.298 e. The van der Waals surface area contributed by atoms with Crippen molar-refractivity contribution in [3.63, 3.8) is 0 Å². The lowest BCUT2D eigenvalue weighted by molar-refractivity contribution is -0.137. The lowest BCUT2D eigenvalue weighted by Gasteiger charge is -2.08. The third-order valence-electron chi connectivity index (χ3n) is 4.70. The van der Waals surface area contributed by atoms with Gasteiger partial charge in [-0.3, -0.25) is 10.1 Å². The van der Waals surface area contributed by atoms with Crippen molar-refractivity contribution < 1.29 is 18.0 Å². The second-order valence-corrected chi connectivity index (χ2v) is 7.44. The molecule has 3 nitrogen and oxygen atoms in total. The number of hydrogen-bond donors (Lipinski definition) is 1. The number of benzene rings is 3. The summed E-state index contributed by atoms with van der Waals surface area (Å²) in [4.78, 5) is 17.9. The standard InChI is InChI=1S/C21H11F3N2OS/c22-21(23,24)13-7-1-6-12(10-13)19(27)26-20-25-17-14-8-2-4-11-5-3-9-15(16(11)14)18(17)28-20/h1-10H,(H,25,26,27). The van der Waals surface area contributed by atoms with Gasteiger partial charge in [-0.15, -0.1) is 0 Å². The summed E-state index contributed by atoms with van der Waals surface area (Å²) in [6.07, 6.45) is -4.50. The maximum Gasteiger partial charge on any atom is 0.416 e. The Kier molecular flexibility index (Phi) is 3.57. The van der Waals surface area contributed by atoms with E-state index in [1.54, 1.807) is 0 Å². The predicted octanol–water partition coefficient (Wildman–Crippen LogP) is 6.21. The number of amides is 1. The van der Waals surface area contributed by atoms with Crippen LogP contribution in [0.4, 0.5) is 18.3 Å². The molecule has 0 atom stereocenters. The van der Waals surface area contributed by atoms with E-state index in [1.807, 2.05) is 36.4 Å². The van der Waals surface area contributed by atoms with Crippen LogP contribution in [-0.2, 0) is 6.18 Å². The molecule has 3 aromatic carbocycles. The highest BCUT2D eigenvalue weighted by atomic mass is 32.1. The molecule has 1 N–H and O–H groups in total. The Bertz CT molecular complexity index is 1200. The van der Waals surface area contributed by atoms with E-state index in [4.69, 9.17) is 0 Å². The summed E-state index contributed by atoms with van der Waals surface area (Å²) >= 11 is 1.32. The summed E-state index contributed by atoms with van der Waals surface area (Å²) in [5.41, 5.74) is 1.92. The minimum absolute atomic E-state index is 0.0623. The van der Waals surface area contributed by atoms with Gasteiger partial charge in [-0.2, -0.15) is 13.2 Å². The number of aromatic nitrogens is 1. The van der Waals surface area contributed by atoms with Crippen LogP contribution >= 0.6 is 11.3 Å². The number of hydrogen-bond acceptors (Lipinski definition) is 3. The Hall–Kier alpha value is -3.19. The maximum atomic E-state index is 12.9. The van der Waals surface area contributed by atoms with E-state index in [1.165, 1.54) is 23.5 Å². The Morgan fingerprint density at radius 3 is 2.43 bits per heavy atom. The summed E-state index contributed by atoms with van der Waals surface area (Å²) < 4.78 is 38.6. The molecular formula is C21H11F3N2OS. The van der Waals surface area contributed by atoms with Gasteiger partial charge in [-0.25, -0.2) is 4.98 Å². The number of alkyl halides is 3. The van der Waals surface area contributed by atoms with Crippen LogP contribution in [0.2, 0.25) is 0 Å². The molecule has 0 unspecified atom stereocenters. The first kappa shape index (κ1) is 16.9. The van der Waals surface area contributed by atoms with Crippen LogP contribution in [0.15, 0.2) is 60.7 Å². The van der Waals surface area contributed by atoms with Gasteiger partial charge >= 0.3 is 6.18 Å². The van der Waals surface area contributed by atoms with Crippen LogP contribution in [0.1, 0.15) is 15.9 Å². The molecule has 0 spiro atoms. The van der Waals surface area contributed by atoms with Gasteiger partial charge < -0.3 is 0 Å². The molecule has 0 saturated carbocycles. The van der Waals surface area contributed by atoms with Crippen LogP contribution in [0, 0.1) is 0 Å². The number of fused-ring (bicyclic) bond motifs is 3. The maximum absolute atomic E-state index is 12.9. The number of rotatable bonds is 2. The highest BCUT2D eigenvalue weighted by Gasteiger charge is 2.31. The average molecular weight is 396 g/mol. The molecule has 0 radical (unpaired) electrons.